The molecule has 0 aliphatic rings. The largest absolute Gasteiger partial charge is 0.271 e. The van der Waals surface area contributed by atoms with Crippen LogP contribution in [-0.2, 0) is 0 Å². The van der Waals surface area contributed by atoms with Crippen LogP contribution in [0, 0.1) is 17.7 Å². The molecule has 0 bridgehead atoms. The molecule has 1 aromatic carbocycles. The zero-order valence-electron chi connectivity index (χ0n) is 9.06. The first-order chi connectivity index (χ1) is 7.69. The van der Waals surface area contributed by atoms with E-state index >= 15 is 0 Å². The molecule has 3 N–H and O–H groups in total. The van der Waals surface area contributed by atoms with Crippen LogP contribution in [0.1, 0.15) is 31.4 Å². The lowest BCUT2D eigenvalue weighted by molar-refractivity contribution is 0.522. The van der Waals surface area contributed by atoms with Crippen molar-refractivity contribution in [3.63, 3.8) is 0 Å². The van der Waals surface area contributed by atoms with Gasteiger partial charge in [0.15, 0.2) is 0 Å². The number of rotatable bonds is 4. The smallest absolute Gasteiger partial charge is 0.141 e. The van der Waals surface area contributed by atoms with Crippen LogP contribution in [0.15, 0.2) is 18.2 Å². The van der Waals surface area contributed by atoms with Crippen molar-refractivity contribution in [2.45, 2.75) is 25.8 Å². The van der Waals surface area contributed by atoms with Gasteiger partial charge in [-0.25, -0.2) is 4.39 Å². The molecule has 1 unspecified atom stereocenters. The number of hydrogen-bond acceptors (Lipinski definition) is 2. The Morgan fingerprint density at radius 2 is 2.31 bits per heavy atom. The number of nitrogens with one attached hydrogen (secondary N) is 1. The van der Waals surface area contributed by atoms with Crippen LogP contribution < -0.4 is 11.3 Å². The van der Waals surface area contributed by atoms with E-state index in [1.165, 1.54) is 6.07 Å². The van der Waals surface area contributed by atoms with E-state index in [0.717, 1.165) is 18.4 Å². The predicted octanol–water partition coefficient (Wildman–Crippen LogP) is 2.79. The van der Waals surface area contributed by atoms with E-state index in [9.17, 15) is 4.39 Å². The first-order valence-electron chi connectivity index (χ1n) is 4.99. The minimum Gasteiger partial charge on any atom is -0.271 e. The van der Waals surface area contributed by atoms with Crippen LogP contribution in [-0.4, -0.2) is 0 Å². The summed E-state index contributed by atoms with van der Waals surface area (Å²) in [6.07, 6.45) is 1.50. The molecule has 0 saturated carbocycles. The molecule has 0 heterocycles. The number of benzene rings is 1. The van der Waals surface area contributed by atoms with Crippen LogP contribution in [0.2, 0.25) is 5.02 Å². The zero-order chi connectivity index (χ0) is 12.0. The topological polar surface area (TPSA) is 38.0 Å². The third-order valence-electron chi connectivity index (χ3n) is 2.28. The summed E-state index contributed by atoms with van der Waals surface area (Å²) in [6.45, 7) is 1.79. The Morgan fingerprint density at radius 3 is 2.88 bits per heavy atom. The van der Waals surface area contributed by atoms with Crippen molar-refractivity contribution in [3.8, 4) is 11.8 Å². The molecular weight excluding hydrogens is 227 g/mol. The van der Waals surface area contributed by atoms with Crippen LogP contribution in [0.4, 0.5) is 4.39 Å². The second-order valence-electron chi connectivity index (χ2n) is 3.36. The zero-order valence-corrected chi connectivity index (χ0v) is 9.81. The number of hydrazine groups is 1. The molecule has 0 aliphatic heterocycles. The molecule has 0 spiro atoms. The van der Waals surface area contributed by atoms with Crippen molar-refractivity contribution in [2.24, 2.45) is 5.84 Å². The van der Waals surface area contributed by atoms with E-state index in [1.807, 2.05) is 0 Å². The fraction of sp³-hybridized carbons (Fsp3) is 0.333. The summed E-state index contributed by atoms with van der Waals surface area (Å²) in [6, 6.07) is 4.54. The minimum atomic E-state index is -0.422. The molecule has 1 atom stereocenters. The highest BCUT2D eigenvalue weighted by Crippen LogP contribution is 2.23. The monoisotopic (exact) mass is 240 g/mol. The van der Waals surface area contributed by atoms with Crippen LogP contribution in [0.5, 0.6) is 0 Å². The van der Waals surface area contributed by atoms with Crippen molar-refractivity contribution in [1.82, 2.24) is 5.43 Å². The number of nitrogens with two attached hydrogens (primary N) is 1. The van der Waals surface area contributed by atoms with E-state index in [-0.39, 0.29) is 11.1 Å². The lowest BCUT2D eigenvalue weighted by Crippen LogP contribution is -2.27. The van der Waals surface area contributed by atoms with Crippen molar-refractivity contribution in [1.29, 1.82) is 0 Å². The van der Waals surface area contributed by atoms with Gasteiger partial charge < -0.3 is 0 Å². The van der Waals surface area contributed by atoms with Crippen molar-refractivity contribution in [2.75, 3.05) is 0 Å². The molecule has 0 fully saturated rings. The maximum Gasteiger partial charge on any atom is 0.141 e. The molecular formula is C12H14ClFN2. The highest BCUT2D eigenvalue weighted by atomic mass is 35.5. The molecule has 0 aromatic heterocycles. The molecule has 0 aliphatic carbocycles. The van der Waals surface area contributed by atoms with Crippen molar-refractivity contribution in [3.05, 3.63) is 34.6 Å². The predicted molar refractivity (Wildman–Crippen MR) is 64.2 cm³/mol. The second kappa shape index (κ2) is 6.49. The lowest BCUT2D eigenvalue weighted by Gasteiger charge is -2.15. The third-order valence-corrected chi connectivity index (χ3v) is 2.57. The highest BCUT2D eigenvalue weighted by molar-refractivity contribution is 6.30. The number of halogens is 2. The van der Waals surface area contributed by atoms with Gasteiger partial charge in [-0.15, -0.1) is 11.8 Å². The summed E-state index contributed by atoms with van der Waals surface area (Å²) in [4.78, 5) is 0. The van der Waals surface area contributed by atoms with Gasteiger partial charge in [0.2, 0.25) is 0 Å². The summed E-state index contributed by atoms with van der Waals surface area (Å²) in [5.74, 6) is 10.8. The fourth-order valence-electron chi connectivity index (χ4n) is 1.42. The van der Waals surface area contributed by atoms with Gasteiger partial charge in [0.25, 0.3) is 0 Å². The van der Waals surface area contributed by atoms with Crippen molar-refractivity contribution < 1.29 is 4.39 Å². The highest BCUT2D eigenvalue weighted by Gasteiger charge is 2.10. The van der Waals surface area contributed by atoms with Gasteiger partial charge in [0.05, 0.1) is 5.02 Å². The molecule has 86 valence electrons. The standard InChI is InChI=1S/C12H14ClFN2/c1-2-3-4-5-12(16-15)9-6-7-11(14)10(13)8-9/h6-8,12,16H,4-5,15H2,1H3. The quantitative estimate of drug-likeness (QED) is 0.483. The van der Waals surface area contributed by atoms with Crippen molar-refractivity contribution >= 4 is 11.6 Å². The van der Waals surface area contributed by atoms with Gasteiger partial charge in [-0.3, -0.25) is 11.3 Å². The van der Waals surface area contributed by atoms with Gasteiger partial charge in [-0.1, -0.05) is 17.7 Å². The van der Waals surface area contributed by atoms with Gasteiger partial charge in [0.1, 0.15) is 5.82 Å². The molecule has 1 rings (SSSR count). The normalized spacial score (nSPS) is 11.8. The molecule has 16 heavy (non-hydrogen) atoms. The second-order valence-corrected chi connectivity index (χ2v) is 3.77. The fourth-order valence-corrected chi connectivity index (χ4v) is 1.61. The Hall–Kier alpha value is -1.08. The van der Waals surface area contributed by atoms with E-state index < -0.39 is 5.82 Å². The first-order valence-corrected chi connectivity index (χ1v) is 5.37. The molecule has 2 nitrogen and oxygen atoms in total. The van der Waals surface area contributed by atoms with Crippen LogP contribution in [0.25, 0.3) is 0 Å². The molecule has 0 radical (unpaired) electrons. The molecule has 0 amide bonds. The van der Waals surface area contributed by atoms with Gasteiger partial charge in [-0.2, -0.15) is 0 Å². The van der Waals surface area contributed by atoms with Gasteiger partial charge in [-0.05, 0) is 31.0 Å². The Balaban J connectivity index is 2.77. The Morgan fingerprint density at radius 1 is 1.56 bits per heavy atom. The van der Waals surface area contributed by atoms with Crippen LogP contribution >= 0.6 is 11.6 Å². The average Bonchev–Trinajstić information content (AvgIpc) is 2.29. The summed E-state index contributed by atoms with van der Waals surface area (Å²) in [5.41, 5.74) is 3.54. The molecule has 1 aromatic rings. The van der Waals surface area contributed by atoms with Gasteiger partial charge in [0, 0.05) is 12.5 Å². The lowest BCUT2D eigenvalue weighted by atomic mass is 10.0. The average molecular weight is 241 g/mol. The Labute approximate surface area is 99.9 Å². The third kappa shape index (κ3) is 3.49. The van der Waals surface area contributed by atoms with E-state index in [1.54, 1.807) is 19.1 Å². The maximum atomic E-state index is 13.0. The Kier molecular flexibility index (Phi) is 5.27. The number of hydrogen-bond donors (Lipinski definition) is 2. The summed E-state index contributed by atoms with van der Waals surface area (Å²) >= 11 is 5.70. The minimum absolute atomic E-state index is 0.0565. The Bertz CT molecular complexity index is 409. The SMILES string of the molecule is CC#CCCC(NN)c1ccc(F)c(Cl)c1. The summed E-state index contributed by atoms with van der Waals surface area (Å²) in [7, 11) is 0. The molecule has 4 heteroatoms. The first kappa shape index (κ1) is 13.0. The van der Waals surface area contributed by atoms with Gasteiger partial charge >= 0.3 is 0 Å². The summed E-state index contributed by atoms with van der Waals surface area (Å²) < 4.78 is 13.0. The van der Waals surface area contributed by atoms with E-state index in [2.05, 4.69) is 17.3 Å². The van der Waals surface area contributed by atoms with E-state index in [0.29, 0.717) is 0 Å². The maximum absolute atomic E-state index is 13.0. The summed E-state index contributed by atoms with van der Waals surface area (Å²) in [5, 5.41) is 0.110. The van der Waals surface area contributed by atoms with Crippen LogP contribution in [0.3, 0.4) is 0 Å². The molecule has 0 saturated heterocycles. The van der Waals surface area contributed by atoms with E-state index in [4.69, 9.17) is 17.4 Å².